The maximum atomic E-state index is 6.29. The predicted octanol–water partition coefficient (Wildman–Crippen LogP) is 3.16. The highest BCUT2D eigenvalue weighted by atomic mass is 16.6. The minimum absolute atomic E-state index is 0.0226. The van der Waals surface area contributed by atoms with E-state index >= 15 is 0 Å². The normalized spacial score (nSPS) is 24.2. The molecular weight excluding hydrogens is 223 g/mol. The molecule has 1 aliphatic rings. The zero-order valence-corrected chi connectivity index (χ0v) is 11.5. The van der Waals surface area contributed by atoms with Gasteiger partial charge in [-0.25, -0.2) is 0 Å². The first-order valence-corrected chi connectivity index (χ1v) is 7.14. The maximum absolute atomic E-state index is 6.29. The summed E-state index contributed by atoms with van der Waals surface area (Å²) in [6.45, 7) is 5.26. The standard InChI is InChI=1S/C15H23BO2/c1-3-5-11-15(4-2)12-13-17-16(18-15)14-9-7-6-8-10-14/h6-10H,3-5,11-13H2,1-2H3. The van der Waals surface area contributed by atoms with E-state index in [1.54, 1.807) is 0 Å². The number of hydrogen-bond acceptors (Lipinski definition) is 2. The van der Waals surface area contributed by atoms with Crippen LogP contribution in [0.25, 0.3) is 0 Å². The van der Waals surface area contributed by atoms with Crippen molar-refractivity contribution in [1.82, 2.24) is 0 Å². The van der Waals surface area contributed by atoms with Crippen LogP contribution in [0.1, 0.15) is 46.0 Å². The van der Waals surface area contributed by atoms with E-state index in [4.69, 9.17) is 9.31 Å². The molecule has 1 heterocycles. The fourth-order valence-corrected chi connectivity index (χ4v) is 2.57. The van der Waals surface area contributed by atoms with Crippen LogP contribution in [0.5, 0.6) is 0 Å². The molecule has 0 saturated carbocycles. The SMILES string of the molecule is CCCCC1(CC)CCOB(c2ccccc2)O1. The number of benzene rings is 1. The van der Waals surface area contributed by atoms with Crippen molar-refractivity contribution in [1.29, 1.82) is 0 Å². The van der Waals surface area contributed by atoms with Crippen LogP contribution in [0.4, 0.5) is 0 Å². The Hall–Kier alpha value is -0.795. The summed E-state index contributed by atoms with van der Waals surface area (Å²) in [6, 6.07) is 10.3. The first-order chi connectivity index (χ1) is 8.79. The second-order valence-electron chi connectivity index (χ2n) is 5.12. The molecule has 18 heavy (non-hydrogen) atoms. The van der Waals surface area contributed by atoms with Crippen molar-refractivity contribution in [2.24, 2.45) is 0 Å². The van der Waals surface area contributed by atoms with Gasteiger partial charge in [-0.1, -0.05) is 57.0 Å². The van der Waals surface area contributed by atoms with E-state index < -0.39 is 0 Å². The van der Waals surface area contributed by atoms with Gasteiger partial charge in [-0.05, 0) is 24.7 Å². The Labute approximate surface area is 111 Å². The van der Waals surface area contributed by atoms with E-state index in [1.165, 1.54) is 12.8 Å². The summed E-state index contributed by atoms with van der Waals surface area (Å²) in [6.07, 6.45) is 5.69. The van der Waals surface area contributed by atoms with Gasteiger partial charge in [0.05, 0.1) is 5.60 Å². The highest BCUT2D eigenvalue weighted by Crippen LogP contribution is 2.31. The lowest BCUT2D eigenvalue weighted by atomic mass is 9.74. The Kier molecular flexibility index (Phi) is 4.84. The van der Waals surface area contributed by atoms with Crippen LogP contribution in [0.2, 0.25) is 0 Å². The number of hydrogen-bond donors (Lipinski definition) is 0. The molecule has 98 valence electrons. The van der Waals surface area contributed by atoms with Crippen molar-refractivity contribution < 1.29 is 9.31 Å². The minimum Gasteiger partial charge on any atom is -0.407 e. The van der Waals surface area contributed by atoms with Crippen molar-refractivity contribution in [3.8, 4) is 0 Å². The molecule has 0 aromatic heterocycles. The fraction of sp³-hybridized carbons (Fsp3) is 0.600. The van der Waals surface area contributed by atoms with Crippen LogP contribution < -0.4 is 5.46 Å². The third-order valence-corrected chi connectivity index (χ3v) is 3.89. The third-order valence-electron chi connectivity index (χ3n) is 3.89. The van der Waals surface area contributed by atoms with E-state index in [-0.39, 0.29) is 12.7 Å². The van der Waals surface area contributed by atoms with Gasteiger partial charge in [0.15, 0.2) is 0 Å². The lowest BCUT2D eigenvalue weighted by Crippen LogP contribution is -2.51. The molecular formula is C15H23BO2. The van der Waals surface area contributed by atoms with Crippen LogP contribution in [0.3, 0.4) is 0 Å². The van der Waals surface area contributed by atoms with Gasteiger partial charge < -0.3 is 9.31 Å². The summed E-state index contributed by atoms with van der Waals surface area (Å²) in [4.78, 5) is 0. The van der Waals surface area contributed by atoms with Gasteiger partial charge in [-0.15, -0.1) is 0 Å². The molecule has 0 aliphatic carbocycles. The van der Waals surface area contributed by atoms with E-state index in [0.29, 0.717) is 0 Å². The van der Waals surface area contributed by atoms with E-state index in [9.17, 15) is 0 Å². The molecule has 1 aromatic rings. The van der Waals surface area contributed by atoms with Gasteiger partial charge in [-0.3, -0.25) is 0 Å². The Balaban J connectivity index is 2.07. The molecule has 0 radical (unpaired) electrons. The molecule has 0 amide bonds. The van der Waals surface area contributed by atoms with Gasteiger partial charge in [0, 0.05) is 6.61 Å². The van der Waals surface area contributed by atoms with Gasteiger partial charge >= 0.3 is 7.12 Å². The van der Waals surface area contributed by atoms with E-state index in [2.05, 4.69) is 26.0 Å². The maximum Gasteiger partial charge on any atom is 0.494 e. The predicted molar refractivity (Wildman–Crippen MR) is 76.0 cm³/mol. The van der Waals surface area contributed by atoms with Crippen LogP contribution in [0.15, 0.2) is 30.3 Å². The molecule has 2 nitrogen and oxygen atoms in total. The average molecular weight is 246 g/mol. The second-order valence-corrected chi connectivity index (χ2v) is 5.12. The molecule has 0 bridgehead atoms. The third kappa shape index (κ3) is 3.15. The van der Waals surface area contributed by atoms with Gasteiger partial charge in [0.2, 0.25) is 0 Å². The summed E-state index contributed by atoms with van der Waals surface area (Å²) in [5.74, 6) is 0. The Morgan fingerprint density at radius 3 is 2.67 bits per heavy atom. The molecule has 1 aliphatic heterocycles. The van der Waals surface area contributed by atoms with Crippen LogP contribution in [-0.2, 0) is 9.31 Å². The zero-order chi connectivity index (χ0) is 12.8. The topological polar surface area (TPSA) is 18.5 Å². The Bertz CT molecular complexity index is 355. The molecule has 0 N–H and O–H groups in total. The quantitative estimate of drug-likeness (QED) is 0.743. The Morgan fingerprint density at radius 1 is 1.22 bits per heavy atom. The minimum atomic E-state index is -0.184. The average Bonchev–Trinajstić information content (AvgIpc) is 2.46. The highest BCUT2D eigenvalue weighted by Gasteiger charge is 2.39. The van der Waals surface area contributed by atoms with Crippen molar-refractivity contribution >= 4 is 12.6 Å². The number of rotatable bonds is 5. The molecule has 1 atom stereocenters. The van der Waals surface area contributed by atoms with Crippen molar-refractivity contribution in [2.45, 2.75) is 51.6 Å². The molecule has 0 spiro atoms. The van der Waals surface area contributed by atoms with E-state index in [1.807, 2.05) is 18.2 Å². The van der Waals surface area contributed by atoms with Gasteiger partial charge in [-0.2, -0.15) is 0 Å². The molecule has 1 fully saturated rings. The van der Waals surface area contributed by atoms with Crippen LogP contribution in [-0.4, -0.2) is 19.3 Å². The summed E-state index contributed by atoms with van der Waals surface area (Å²) < 4.78 is 12.1. The summed E-state index contributed by atoms with van der Waals surface area (Å²) in [5.41, 5.74) is 1.15. The highest BCUT2D eigenvalue weighted by molar-refractivity contribution is 6.61. The van der Waals surface area contributed by atoms with Gasteiger partial charge in [0.25, 0.3) is 0 Å². The van der Waals surface area contributed by atoms with Crippen molar-refractivity contribution in [2.75, 3.05) is 6.61 Å². The van der Waals surface area contributed by atoms with Crippen molar-refractivity contribution in [3.63, 3.8) is 0 Å². The zero-order valence-electron chi connectivity index (χ0n) is 11.5. The van der Waals surface area contributed by atoms with Crippen molar-refractivity contribution in [3.05, 3.63) is 30.3 Å². The monoisotopic (exact) mass is 246 g/mol. The summed E-state index contributed by atoms with van der Waals surface area (Å²) >= 11 is 0. The largest absolute Gasteiger partial charge is 0.494 e. The molecule has 2 rings (SSSR count). The fourth-order valence-electron chi connectivity index (χ4n) is 2.57. The first kappa shape index (κ1) is 13.6. The second kappa shape index (κ2) is 6.39. The van der Waals surface area contributed by atoms with Crippen LogP contribution in [0, 0.1) is 0 Å². The first-order valence-electron chi connectivity index (χ1n) is 7.14. The summed E-state index contributed by atoms with van der Waals surface area (Å²) in [7, 11) is -0.184. The lowest BCUT2D eigenvalue weighted by molar-refractivity contribution is -0.0276. The Morgan fingerprint density at radius 2 is 2.00 bits per heavy atom. The molecule has 1 saturated heterocycles. The van der Waals surface area contributed by atoms with E-state index in [0.717, 1.165) is 31.3 Å². The lowest BCUT2D eigenvalue weighted by Gasteiger charge is -2.40. The smallest absolute Gasteiger partial charge is 0.407 e. The van der Waals surface area contributed by atoms with Gasteiger partial charge in [0.1, 0.15) is 0 Å². The molecule has 3 heteroatoms. The number of unbranched alkanes of at least 4 members (excludes halogenated alkanes) is 1. The molecule has 1 unspecified atom stereocenters. The molecule has 1 aromatic carbocycles. The van der Waals surface area contributed by atoms with Crippen LogP contribution >= 0.6 is 0 Å². The summed E-state index contributed by atoms with van der Waals surface area (Å²) in [5, 5.41) is 0.